The molecule has 3 atom stereocenters. The minimum atomic E-state index is -4.90. The Kier molecular flexibility index (Phi) is 2.84. The first-order chi connectivity index (χ1) is 16.7. The molecule has 0 saturated heterocycles. The molecule has 0 fully saturated rings. The highest BCUT2D eigenvalue weighted by Gasteiger charge is 2.56. The molecular formula is C15HO17P3. The fourth-order valence-corrected chi connectivity index (χ4v) is 7.22. The summed E-state index contributed by atoms with van der Waals surface area (Å²) in [4.78, 5) is 28.7. The van der Waals surface area contributed by atoms with E-state index in [1.807, 2.05) is 0 Å². The quantitative estimate of drug-likeness (QED) is 0.289. The lowest BCUT2D eigenvalue weighted by Gasteiger charge is -2.32. The van der Waals surface area contributed by atoms with Crippen molar-refractivity contribution in [3.63, 3.8) is 0 Å². The van der Waals surface area contributed by atoms with Gasteiger partial charge in [0, 0.05) is 6.07 Å². The summed E-state index contributed by atoms with van der Waals surface area (Å²) in [7, 11) is -13.7. The van der Waals surface area contributed by atoms with E-state index in [9.17, 15) is 18.5 Å². The summed E-state index contributed by atoms with van der Waals surface area (Å²) in [6.45, 7) is 0. The van der Waals surface area contributed by atoms with Crippen LogP contribution in [0.3, 0.4) is 0 Å². The van der Waals surface area contributed by atoms with Gasteiger partial charge in [0.2, 0.25) is 39.9 Å². The third-order valence-electron chi connectivity index (χ3n) is 5.38. The van der Waals surface area contributed by atoms with E-state index in [-0.39, 0.29) is 39.9 Å². The molecule has 11 aliphatic rings. The van der Waals surface area contributed by atoms with Gasteiger partial charge in [0.05, 0.1) is 0 Å². The highest BCUT2D eigenvalue weighted by Crippen LogP contribution is 2.74. The highest BCUT2D eigenvalue weighted by atomic mass is 31.2. The van der Waals surface area contributed by atoms with Crippen LogP contribution >= 0.6 is 23.5 Å². The molecule has 3 aromatic rings. The van der Waals surface area contributed by atoms with Crippen LogP contribution in [0, 0.1) is 0 Å². The predicted molar refractivity (Wildman–Crippen MR) is 99.6 cm³/mol. The van der Waals surface area contributed by atoms with Crippen LogP contribution in [-0.2, 0) is 27.7 Å². The number of fused-ring (bicyclic) bond motifs is 2. The van der Waals surface area contributed by atoms with Crippen molar-refractivity contribution in [2.75, 3.05) is 0 Å². The molecule has 0 saturated carbocycles. The lowest BCUT2D eigenvalue weighted by atomic mass is 10.1. The zero-order valence-corrected chi connectivity index (χ0v) is 18.5. The van der Waals surface area contributed by atoms with Gasteiger partial charge in [-0.2, -0.15) is 9.13 Å². The Morgan fingerprint density at radius 2 is 1.23 bits per heavy atom. The van der Waals surface area contributed by atoms with Crippen molar-refractivity contribution in [3.8, 4) is 63.1 Å². The summed E-state index contributed by atoms with van der Waals surface area (Å²) in [6.07, 6.45) is 0. The molecule has 12 heterocycles. The van der Waals surface area contributed by atoms with Crippen LogP contribution in [-0.4, -0.2) is 0 Å². The van der Waals surface area contributed by atoms with E-state index in [1.54, 1.807) is 0 Å². The van der Waals surface area contributed by atoms with Crippen LogP contribution in [0.5, 0.6) is 51.7 Å². The number of phosphoric acid groups is 3. The molecular weight excluding hydrogens is 545 g/mol. The summed E-state index contributed by atoms with van der Waals surface area (Å²) < 4.78 is 91.2. The molecule has 1 aromatic heterocycles. The van der Waals surface area contributed by atoms with Crippen molar-refractivity contribution in [2.24, 2.45) is 0 Å². The van der Waals surface area contributed by atoms with Crippen LogP contribution in [0.2, 0.25) is 0 Å². The molecule has 2 aromatic carbocycles. The van der Waals surface area contributed by atoms with Gasteiger partial charge >= 0.3 is 23.5 Å². The van der Waals surface area contributed by atoms with Crippen molar-refractivity contribution in [1.29, 1.82) is 0 Å². The van der Waals surface area contributed by atoms with Crippen LogP contribution in [0.4, 0.5) is 0 Å². The maximum Gasteiger partial charge on any atom is 0.647 e. The van der Waals surface area contributed by atoms with Gasteiger partial charge < -0.3 is 46.2 Å². The first-order valence-corrected chi connectivity index (χ1v) is 13.6. The average Bonchev–Trinajstić information content (AvgIpc) is 3.00. The molecule has 178 valence electrons. The Morgan fingerprint density at radius 3 is 2.09 bits per heavy atom. The van der Waals surface area contributed by atoms with Gasteiger partial charge in [-0.05, 0) is 0 Å². The van der Waals surface area contributed by atoms with Crippen LogP contribution in [0.15, 0.2) is 15.3 Å². The number of hydrogen-bond acceptors (Lipinski definition) is 17. The topological polar surface area (TPSA) is 192 Å². The molecule has 15 bridgehead atoms. The Hall–Kier alpha value is -3.58. The molecule has 0 N–H and O–H groups in total. The minimum Gasteiger partial charge on any atom is -0.447 e. The van der Waals surface area contributed by atoms with Gasteiger partial charge in [-0.1, -0.05) is 14.0 Å². The van der Waals surface area contributed by atoms with Crippen LogP contribution < -0.4 is 47.2 Å². The highest BCUT2D eigenvalue weighted by molar-refractivity contribution is 7.50. The third-order valence-corrected chi connectivity index (χ3v) is 8.61. The van der Waals surface area contributed by atoms with Crippen molar-refractivity contribution in [2.45, 2.75) is 0 Å². The number of benzene rings is 2. The van der Waals surface area contributed by atoms with Crippen molar-refractivity contribution in [3.05, 3.63) is 16.3 Å². The van der Waals surface area contributed by atoms with Crippen molar-refractivity contribution < 1.29 is 73.9 Å². The second-order valence-corrected chi connectivity index (χ2v) is 11.6. The molecule has 20 heteroatoms. The van der Waals surface area contributed by atoms with E-state index >= 15 is 0 Å². The van der Waals surface area contributed by atoms with E-state index in [0.717, 1.165) is 6.07 Å². The minimum absolute atomic E-state index is 0.121. The molecule has 14 rings (SSSR count). The van der Waals surface area contributed by atoms with E-state index in [0.29, 0.717) is 0 Å². The van der Waals surface area contributed by atoms with Gasteiger partial charge in [0.1, 0.15) is 10.9 Å². The van der Waals surface area contributed by atoms with E-state index in [4.69, 9.17) is 60.2 Å². The summed E-state index contributed by atoms with van der Waals surface area (Å²) in [5, 5.41) is -0.394. The molecule has 35 heavy (non-hydrogen) atoms. The van der Waals surface area contributed by atoms with E-state index < -0.39 is 63.0 Å². The zero-order chi connectivity index (χ0) is 23.5. The molecule has 17 nitrogen and oxygen atoms in total. The van der Waals surface area contributed by atoms with Gasteiger partial charge in [-0.3, -0.25) is 4.79 Å². The Balaban J connectivity index is 1.52. The normalized spacial score (nSPS) is 30.5. The maximum atomic E-state index is 13.6. The SMILES string of the molecule is O=c1c2c3oc4c5c6c(c(c14)OOP(=O)(OOc1cc4c-3c3c1OP(=O)(O4)O3)OO6)OP(=O)(O2)O5. The lowest BCUT2D eigenvalue weighted by molar-refractivity contribution is -0.242. The largest absolute Gasteiger partial charge is 0.647 e. The Bertz CT molecular complexity index is 1830. The van der Waals surface area contributed by atoms with Gasteiger partial charge in [0.15, 0.2) is 22.8 Å². The Morgan fingerprint density at radius 1 is 0.571 bits per heavy atom. The first-order valence-electron chi connectivity index (χ1n) is 9.22. The number of rotatable bonds is 0. The standard InChI is InChI=1S/C15HO17P3/c16-6-5-9-14-13-15-10(5)22-31-35(19,32-23-13)30-21-3-1-2-4(11-7(3)25-33(17,24-2)26-11)8(20-9)12(6)27-34(18,28-14)29-15/h1H. The predicted octanol–water partition coefficient (Wildman–Crippen LogP) is 4.07. The van der Waals surface area contributed by atoms with Crippen LogP contribution in [0.25, 0.3) is 22.3 Å². The second kappa shape index (κ2) is 5.31. The number of phosphoric ester groups is 2. The van der Waals surface area contributed by atoms with Crippen molar-refractivity contribution >= 4 is 34.4 Å². The fraction of sp³-hybridized carbons (Fsp3) is 0. The molecule has 0 aliphatic carbocycles. The van der Waals surface area contributed by atoms with Gasteiger partial charge in [-0.15, -0.1) is 0 Å². The van der Waals surface area contributed by atoms with Gasteiger partial charge in [-0.25, -0.2) is 4.57 Å². The second-order valence-electron chi connectivity index (χ2n) is 7.38. The molecule has 3 unspecified atom stereocenters. The first kappa shape index (κ1) is 18.7. The van der Waals surface area contributed by atoms with Crippen molar-refractivity contribution in [1.82, 2.24) is 0 Å². The Labute approximate surface area is 188 Å². The summed E-state index contributed by atoms with van der Waals surface area (Å²) >= 11 is 0. The maximum absolute atomic E-state index is 13.6. The lowest BCUT2D eigenvalue weighted by Crippen LogP contribution is -2.24. The van der Waals surface area contributed by atoms with Gasteiger partial charge in [0.25, 0.3) is 5.75 Å². The molecule has 0 amide bonds. The fourth-order valence-electron chi connectivity index (χ4n) is 4.07. The number of hydrogen-bond donors (Lipinski definition) is 0. The van der Waals surface area contributed by atoms with E-state index in [1.165, 1.54) is 0 Å². The summed E-state index contributed by atoms with van der Waals surface area (Å²) in [6, 6.07) is 1.10. The van der Waals surface area contributed by atoms with Crippen LogP contribution in [0.1, 0.15) is 0 Å². The van der Waals surface area contributed by atoms with E-state index in [2.05, 4.69) is 0 Å². The zero-order valence-electron chi connectivity index (χ0n) is 15.9. The molecule has 0 spiro atoms. The molecule has 11 aliphatic heterocycles. The summed E-state index contributed by atoms with van der Waals surface area (Å²) in [5.74, 6) is -4.29. The smallest absolute Gasteiger partial charge is 0.447 e. The average molecular weight is 546 g/mol. The monoisotopic (exact) mass is 546 g/mol. The summed E-state index contributed by atoms with van der Waals surface area (Å²) in [5.41, 5.74) is -1.43. The molecule has 0 radical (unpaired) electrons. The third kappa shape index (κ3) is 2.09.